The zero-order valence-electron chi connectivity index (χ0n) is 46.1. The number of unbranched alkanes of at least 4 members (excludes halogenated alkanes) is 45. The predicted molar refractivity (Wildman–Crippen MR) is 297 cm³/mol. The Hall–Kier alpha value is -1.40. The van der Waals surface area contributed by atoms with Crippen LogP contribution in [0, 0.1) is 0 Å². The van der Waals surface area contributed by atoms with Crippen molar-refractivity contribution < 1.29 is 24.5 Å². The van der Waals surface area contributed by atoms with E-state index < -0.39 is 12.1 Å². The van der Waals surface area contributed by atoms with Crippen LogP contribution in [0.5, 0.6) is 0 Å². The lowest BCUT2D eigenvalue weighted by Gasteiger charge is -2.22. The first-order valence-electron chi connectivity index (χ1n) is 30.9. The minimum absolute atomic E-state index is 0.00834. The van der Waals surface area contributed by atoms with Crippen LogP contribution in [0.4, 0.5) is 0 Å². The van der Waals surface area contributed by atoms with Crippen molar-refractivity contribution in [3.8, 4) is 0 Å². The number of rotatable bonds is 58. The molecule has 6 nitrogen and oxygen atoms in total. The van der Waals surface area contributed by atoms with Gasteiger partial charge in [-0.2, -0.15) is 0 Å². The second-order valence-electron chi connectivity index (χ2n) is 21.4. The van der Waals surface area contributed by atoms with Crippen LogP contribution in [0.1, 0.15) is 348 Å². The maximum absolute atomic E-state index is 12.5. The van der Waals surface area contributed by atoms with Gasteiger partial charge in [0.15, 0.2) is 0 Å². The van der Waals surface area contributed by atoms with Crippen molar-refractivity contribution in [1.82, 2.24) is 5.32 Å². The quantitative estimate of drug-likeness (QED) is 0.0321. The summed E-state index contributed by atoms with van der Waals surface area (Å²) in [4.78, 5) is 24.5. The van der Waals surface area contributed by atoms with Crippen LogP contribution in [0.15, 0.2) is 12.2 Å². The summed E-state index contributed by atoms with van der Waals surface area (Å²) in [5.74, 6) is -0.0228. The lowest BCUT2D eigenvalue weighted by Crippen LogP contribution is -2.45. The number of carbonyl (C=O) groups is 2. The van der Waals surface area contributed by atoms with Crippen LogP contribution in [0.2, 0.25) is 0 Å². The number of aliphatic hydroxyl groups excluding tert-OH is 2. The van der Waals surface area contributed by atoms with E-state index in [9.17, 15) is 19.8 Å². The van der Waals surface area contributed by atoms with Gasteiger partial charge in [-0.25, -0.2) is 0 Å². The first kappa shape index (κ1) is 66.6. The smallest absolute Gasteiger partial charge is 0.305 e. The van der Waals surface area contributed by atoms with E-state index in [2.05, 4.69) is 31.3 Å². The lowest BCUT2D eigenvalue weighted by molar-refractivity contribution is -0.143. The zero-order valence-corrected chi connectivity index (χ0v) is 46.1. The minimum Gasteiger partial charge on any atom is -0.466 e. The van der Waals surface area contributed by atoms with Crippen LogP contribution in [0.3, 0.4) is 0 Å². The highest BCUT2D eigenvalue weighted by molar-refractivity contribution is 5.76. The molecule has 0 radical (unpaired) electrons. The zero-order chi connectivity index (χ0) is 49.3. The maximum atomic E-state index is 12.5. The summed E-state index contributed by atoms with van der Waals surface area (Å²) < 4.78 is 5.47. The average Bonchev–Trinajstić information content (AvgIpc) is 3.34. The summed E-state index contributed by atoms with van der Waals surface area (Å²) >= 11 is 0. The number of hydrogen-bond acceptors (Lipinski definition) is 5. The molecule has 0 aliphatic heterocycles. The van der Waals surface area contributed by atoms with Crippen molar-refractivity contribution in [3.63, 3.8) is 0 Å². The Labute approximate surface area is 425 Å². The van der Waals surface area contributed by atoms with Crippen LogP contribution in [-0.2, 0) is 14.3 Å². The van der Waals surface area contributed by atoms with E-state index in [1.165, 1.54) is 270 Å². The molecule has 404 valence electrons. The Bertz CT molecular complexity index is 1020. The highest BCUT2D eigenvalue weighted by atomic mass is 16.5. The van der Waals surface area contributed by atoms with Crippen molar-refractivity contribution in [3.05, 3.63) is 12.2 Å². The molecule has 68 heavy (non-hydrogen) atoms. The third-order valence-corrected chi connectivity index (χ3v) is 14.6. The van der Waals surface area contributed by atoms with Gasteiger partial charge in [0.25, 0.3) is 0 Å². The van der Waals surface area contributed by atoms with Crippen LogP contribution in [-0.4, -0.2) is 47.4 Å². The molecule has 0 saturated heterocycles. The summed E-state index contributed by atoms with van der Waals surface area (Å²) in [6.07, 6.45) is 69.5. The van der Waals surface area contributed by atoms with Gasteiger partial charge in [0.05, 0.1) is 25.4 Å². The molecule has 6 heteroatoms. The van der Waals surface area contributed by atoms with E-state index >= 15 is 0 Å². The maximum Gasteiger partial charge on any atom is 0.305 e. The third kappa shape index (κ3) is 53.9. The Balaban J connectivity index is 3.33. The summed E-state index contributed by atoms with van der Waals surface area (Å²) in [5.41, 5.74) is 0. The second-order valence-corrected chi connectivity index (χ2v) is 21.4. The molecule has 0 aromatic rings. The normalized spacial score (nSPS) is 12.6. The number of amides is 1. The van der Waals surface area contributed by atoms with Gasteiger partial charge in [-0.05, 0) is 51.4 Å². The van der Waals surface area contributed by atoms with Gasteiger partial charge in [0.2, 0.25) is 5.91 Å². The van der Waals surface area contributed by atoms with Crippen LogP contribution >= 0.6 is 0 Å². The molecule has 0 aliphatic carbocycles. The fourth-order valence-corrected chi connectivity index (χ4v) is 9.81. The molecule has 0 fully saturated rings. The molecular weight excluding hydrogens is 839 g/mol. The first-order chi connectivity index (χ1) is 33.5. The number of hydrogen-bond donors (Lipinski definition) is 3. The molecule has 0 aromatic heterocycles. The highest BCUT2D eigenvalue weighted by Crippen LogP contribution is 2.18. The van der Waals surface area contributed by atoms with Crippen molar-refractivity contribution in [2.75, 3.05) is 13.2 Å². The Morgan fingerprint density at radius 2 is 0.691 bits per heavy atom. The van der Waals surface area contributed by atoms with E-state index in [1.54, 1.807) is 0 Å². The van der Waals surface area contributed by atoms with Gasteiger partial charge in [-0.3, -0.25) is 9.59 Å². The molecular formula is C62H121NO5. The number of allylic oxidation sites excluding steroid dienone is 2. The van der Waals surface area contributed by atoms with Crippen LogP contribution in [0.25, 0.3) is 0 Å². The predicted octanol–water partition coefficient (Wildman–Crippen LogP) is 19.2. The molecule has 3 N–H and O–H groups in total. The number of ether oxygens (including phenoxy) is 1. The molecule has 1 amide bonds. The molecule has 0 saturated carbocycles. The van der Waals surface area contributed by atoms with E-state index in [0.717, 1.165) is 44.9 Å². The second kappa shape index (κ2) is 58.2. The Kier molecular flexibility index (Phi) is 57.0. The highest BCUT2D eigenvalue weighted by Gasteiger charge is 2.20. The van der Waals surface area contributed by atoms with E-state index in [4.69, 9.17) is 4.74 Å². The third-order valence-electron chi connectivity index (χ3n) is 14.6. The standard InChI is InChI=1S/C62H121NO5/c1-3-5-7-9-11-13-15-34-38-42-46-50-54-60(65)59(58-64)63-61(66)55-51-47-43-39-35-32-30-28-26-24-22-20-18-17-19-21-23-25-27-29-31-33-37-41-45-49-53-57-68-62(67)56-52-48-44-40-36-16-14-12-10-8-6-4-2/h12,14,59-60,64-65H,3-11,13,15-58H2,1-2H3,(H,63,66)/b14-12-. The summed E-state index contributed by atoms with van der Waals surface area (Å²) in [6.45, 7) is 4.94. The van der Waals surface area contributed by atoms with Gasteiger partial charge in [0.1, 0.15) is 0 Å². The van der Waals surface area contributed by atoms with Crippen molar-refractivity contribution >= 4 is 11.9 Å². The number of nitrogens with one attached hydrogen (secondary N) is 1. The first-order valence-corrected chi connectivity index (χ1v) is 30.9. The van der Waals surface area contributed by atoms with Crippen molar-refractivity contribution in [2.24, 2.45) is 0 Å². The van der Waals surface area contributed by atoms with Crippen molar-refractivity contribution in [2.45, 2.75) is 360 Å². The van der Waals surface area contributed by atoms with E-state index in [0.29, 0.717) is 25.9 Å². The van der Waals surface area contributed by atoms with Gasteiger partial charge >= 0.3 is 5.97 Å². The Morgan fingerprint density at radius 3 is 1.07 bits per heavy atom. The fraction of sp³-hybridized carbons (Fsp3) is 0.935. The summed E-state index contributed by atoms with van der Waals surface area (Å²) in [5, 5.41) is 23.2. The molecule has 0 heterocycles. The molecule has 0 aromatic carbocycles. The Morgan fingerprint density at radius 1 is 0.397 bits per heavy atom. The van der Waals surface area contributed by atoms with Gasteiger partial charge in [-0.15, -0.1) is 0 Å². The lowest BCUT2D eigenvalue weighted by atomic mass is 10.0. The number of aliphatic hydroxyl groups is 2. The van der Waals surface area contributed by atoms with E-state index in [1.807, 2.05) is 0 Å². The average molecular weight is 961 g/mol. The monoisotopic (exact) mass is 960 g/mol. The summed E-state index contributed by atoms with van der Waals surface area (Å²) in [7, 11) is 0. The minimum atomic E-state index is -0.660. The number of esters is 1. The molecule has 0 bridgehead atoms. The molecule has 0 rings (SSSR count). The largest absolute Gasteiger partial charge is 0.466 e. The topological polar surface area (TPSA) is 95.9 Å². The van der Waals surface area contributed by atoms with Gasteiger partial charge in [0, 0.05) is 12.8 Å². The molecule has 2 atom stereocenters. The number of carbonyl (C=O) groups excluding carboxylic acids is 2. The molecule has 2 unspecified atom stereocenters. The van der Waals surface area contributed by atoms with Gasteiger partial charge < -0.3 is 20.3 Å². The van der Waals surface area contributed by atoms with Crippen LogP contribution < -0.4 is 5.32 Å². The molecule has 0 spiro atoms. The van der Waals surface area contributed by atoms with Crippen molar-refractivity contribution in [1.29, 1.82) is 0 Å². The fourth-order valence-electron chi connectivity index (χ4n) is 9.81. The molecule has 0 aliphatic rings. The summed E-state index contributed by atoms with van der Waals surface area (Å²) in [6, 6.07) is -0.537. The van der Waals surface area contributed by atoms with E-state index in [-0.39, 0.29) is 18.5 Å². The SMILES string of the molecule is CCCCC/C=C\CCCCCCCC(=O)OCCCCCCCCCCCCCCCCCCCCCCCCCCCCCC(=O)NC(CO)C(O)CCCCCCCCCCCCCC. The van der Waals surface area contributed by atoms with Gasteiger partial charge in [-0.1, -0.05) is 296 Å².